The van der Waals surface area contributed by atoms with Crippen LogP contribution in [-0.4, -0.2) is 48.5 Å². The molecule has 1 saturated carbocycles. The molecule has 7 nitrogen and oxygen atoms in total. The molecular formula is C19H31N5O2. The second-order valence-corrected chi connectivity index (χ2v) is 7.22. The number of nitrogens with one attached hydrogen (secondary N) is 2. The Balaban J connectivity index is 1.50. The first-order valence-electron chi connectivity index (χ1n) is 9.83. The van der Waals surface area contributed by atoms with E-state index in [0.717, 1.165) is 31.4 Å². The van der Waals surface area contributed by atoms with Gasteiger partial charge >= 0.3 is 0 Å². The third-order valence-corrected chi connectivity index (χ3v) is 5.35. The molecule has 2 heterocycles. The number of hydrogen-bond acceptors (Lipinski definition) is 4. The van der Waals surface area contributed by atoms with Crippen LogP contribution in [-0.2, 0) is 6.54 Å². The predicted octanol–water partition coefficient (Wildman–Crippen LogP) is 1.84. The Morgan fingerprint density at radius 2 is 2.00 bits per heavy atom. The summed E-state index contributed by atoms with van der Waals surface area (Å²) < 4.78 is 5.39. The van der Waals surface area contributed by atoms with E-state index in [1.165, 1.54) is 38.8 Å². The molecule has 1 aliphatic carbocycles. The van der Waals surface area contributed by atoms with Gasteiger partial charge in [0.1, 0.15) is 12.3 Å². The average molecular weight is 361 g/mol. The quantitative estimate of drug-likeness (QED) is 0.531. The van der Waals surface area contributed by atoms with Crippen molar-refractivity contribution in [2.45, 2.75) is 64.1 Å². The van der Waals surface area contributed by atoms with Gasteiger partial charge < -0.3 is 25.7 Å². The number of furan rings is 1. The Kier molecular flexibility index (Phi) is 6.55. The molecule has 0 radical (unpaired) electrons. The van der Waals surface area contributed by atoms with Crippen molar-refractivity contribution in [3.63, 3.8) is 0 Å². The molecule has 1 aromatic heterocycles. The topological polar surface area (TPSA) is 95.9 Å². The highest BCUT2D eigenvalue weighted by Crippen LogP contribution is 2.26. The molecule has 0 aromatic carbocycles. The number of guanidine groups is 1. The highest BCUT2D eigenvalue weighted by molar-refractivity contribution is 5.89. The molecule has 3 rings (SSSR count). The van der Waals surface area contributed by atoms with E-state index in [4.69, 9.17) is 10.2 Å². The number of carbonyl (C=O) groups is 1. The first kappa shape index (κ1) is 18.8. The first-order valence-corrected chi connectivity index (χ1v) is 9.83. The number of amides is 1. The lowest BCUT2D eigenvalue weighted by molar-refractivity contribution is 0.0972. The van der Waals surface area contributed by atoms with Crippen LogP contribution in [0.5, 0.6) is 0 Å². The fourth-order valence-electron chi connectivity index (χ4n) is 3.94. The molecule has 0 spiro atoms. The van der Waals surface area contributed by atoms with Gasteiger partial charge in [-0.1, -0.05) is 12.8 Å². The zero-order chi connectivity index (χ0) is 18.4. The van der Waals surface area contributed by atoms with Crippen molar-refractivity contribution in [2.75, 3.05) is 19.6 Å². The van der Waals surface area contributed by atoms with Crippen LogP contribution in [0.2, 0.25) is 0 Å². The first-order chi connectivity index (χ1) is 12.7. The van der Waals surface area contributed by atoms with E-state index in [9.17, 15) is 4.79 Å². The average Bonchev–Trinajstić information content (AvgIpc) is 3.32. The molecule has 0 unspecified atom stereocenters. The number of hydrogen-bond donors (Lipinski definition) is 3. The highest BCUT2D eigenvalue weighted by atomic mass is 16.3. The third kappa shape index (κ3) is 5.00. The van der Waals surface area contributed by atoms with Crippen LogP contribution in [0.1, 0.15) is 61.8 Å². The number of rotatable bonds is 6. The van der Waals surface area contributed by atoms with Gasteiger partial charge in [-0.2, -0.15) is 0 Å². The molecule has 2 fully saturated rings. The van der Waals surface area contributed by atoms with Gasteiger partial charge in [0, 0.05) is 31.7 Å². The van der Waals surface area contributed by atoms with Crippen LogP contribution >= 0.6 is 0 Å². The molecule has 1 aliphatic heterocycles. The molecule has 26 heavy (non-hydrogen) atoms. The van der Waals surface area contributed by atoms with Crippen molar-refractivity contribution in [1.82, 2.24) is 15.5 Å². The largest absolute Gasteiger partial charge is 0.454 e. The van der Waals surface area contributed by atoms with Crippen molar-refractivity contribution in [1.29, 1.82) is 0 Å². The number of aliphatic imine (C=N–C) groups is 1. The molecule has 7 heteroatoms. The van der Waals surface area contributed by atoms with E-state index in [1.807, 2.05) is 0 Å². The van der Waals surface area contributed by atoms with Gasteiger partial charge in [0.2, 0.25) is 0 Å². The van der Waals surface area contributed by atoms with Gasteiger partial charge in [-0.05, 0) is 44.7 Å². The summed E-state index contributed by atoms with van der Waals surface area (Å²) in [5.41, 5.74) is 5.21. The molecule has 1 aromatic rings. The zero-order valence-corrected chi connectivity index (χ0v) is 15.7. The second-order valence-electron chi connectivity index (χ2n) is 7.22. The summed E-state index contributed by atoms with van der Waals surface area (Å²) in [6.07, 6.45) is 7.83. The van der Waals surface area contributed by atoms with Crippen molar-refractivity contribution in [3.8, 4) is 0 Å². The normalized spacial score (nSPS) is 20.4. The lowest BCUT2D eigenvalue weighted by Gasteiger charge is -2.36. The van der Waals surface area contributed by atoms with Crippen molar-refractivity contribution in [3.05, 3.63) is 23.7 Å². The Labute approximate surface area is 155 Å². The van der Waals surface area contributed by atoms with Gasteiger partial charge in [0.15, 0.2) is 11.7 Å². The maximum absolute atomic E-state index is 11.1. The van der Waals surface area contributed by atoms with Gasteiger partial charge in [0.25, 0.3) is 5.91 Å². The van der Waals surface area contributed by atoms with Gasteiger partial charge in [-0.3, -0.25) is 4.79 Å². The molecule has 0 atom stereocenters. The minimum atomic E-state index is -0.556. The summed E-state index contributed by atoms with van der Waals surface area (Å²) in [7, 11) is 0. The number of primary amides is 1. The number of nitrogens with two attached hydrogens (primary N) is 1. The molecule has 1 amide bonds. The number of piperidine rings is 1. The van der Waals surface area contributed by atoms with Crippen LogP contribution < -0.4 is 16.4 Å². The molecule has 144 valence electrons. The predicted molar refractivity (Wildman–Crippen MR) is 102 cm³/mol. The Morgan fingerprint density at radius 3 is 2.62 bits per heavy atom. The van der Waals surface area contributed by atoms with E-state index < -0.39 is 5.91 Å². The van der Waals surface area contributed by atoms with Crippen LogP contribution in [0.15, 0.2) is 21.5 Å². The summed E-state index contributed by atoms with van der Waals surface area (Å²) in [6.45, 7) is 5.57. The van der Waals surface area contributed by atoms with Crippen molar-refractivity contribution >= 4 is 11.9 Å². The summed E-state index contributed by atoms with van der Waals surface area (Å²) in [5.74, 6) is 1.04. The van der Waals surface area contributed by atoms with E-state index in [-0.39, 0.29) is 5.76 Å². The van der Waals surface area contributed by atoms with E-state index in [1.54, 1.807) is 12.1 Å². The van der Waals surface area contributed by atoms with Crippen LogP contribution in [0.3, 0.4) is 0 Å². The van der Waals surface area contributed by atoms with E-state index in [2.05, 4.69) is 27.4 Å². The molecule has 4 N–H and O–H groups in total. The van der Waals surface area contributed by atoms with Gasteiger partial charge in [0.05, 0.1) is 0 Å². The van der Waals surface area contributed by atoms with Gasteiger partial charge in [-0.15, -0.1) is 0 Å². The fourth-order valence-corrected chi connectivity index (χ4v) is 3.94. The highest BCUT2D eigenvalue weighted by Gasteiger charge is 2.27. The number of carbonyl (C=O) groups excluding carboxylic acids is 1. The Morgan fingerprint density at radius 1 is 1.27 bits per heavy atom. The van der Waals surface area contributed by atoms with Gasteiger partial charge in [-0.25, -0.2) is 4.99 Å². The second kappa shape index (κ2) is 9.07. The minimum absolute atomic E-state index is 0.174. The molecule has 0 bridgehead atoms. The van der Waals surface area contributed by atoms with Crippen molar-refractivity contribution < 1.29 is 9.21 Å². The fraction of sp³-hybridized carbons (Fsp3) is 0.684. The zero-order valence-electron chi connectivity index (χ0n) is 15.7. The summed E-state index contributed by atoms with van der Waals surface area (Å²) >= 11 is 0. The number of likely N-dealkylation sites (tertiary alicyclic amines) is 1. The lowest BCUT2D eigenvalue weighted by Crippen LogP contribution is -2.50. The maximum Gasteiger partial charge on any atom is 0.284 e. The molecule has 2 aliphatic rings. The molecule has 1 saturated heterocycles. The SMILES string of the molecule is CCNC(=NCc1ccc(C(N)=O)o1)NC1CCN(C2CCCC2)CC1. The minimum Gasteiger partial charge on any atom is -0.454 e. The Bertz CT molecular complexity index is 613. The monoisotopic (exact) mass is 361 g/mol. The Hall–Kier alpha value is -2.02. The summed E-state index contributed by atoms with van der Waals surface area (Å²) in [6, 6.07) is 4.60. The van der Waals surface area contributed by atoms with E-state index >= 15 is 0 Å². The smallest absolute Gasteiger partial charge is 0.284 e. The lowest BCUT2D eigenvalue weighted by atomic mass is 10.0. The standard InChI is InChI=1S/C19H31N5O2/c1-2-21-19(22-13-16-7-8-17(26-16)18(20)25)23-14-9-11-24(12-10-14)15-5-3-4-6-15/h7-8,14-15H,2-6,9-13H2,1H3,(H2,20,25)(H2,21,22,23). The summed E-state index contributed by atoms with van der Waals surface area (Å²) in [4.78, 5) is 18.4. The maximum atomic E-state index is 11.1. The van der Waals surface area contributed by atoms with E-state index in [0.29, 0.717) is 18.3 Å². The van der Waals surface area contributed by atoms with Crippen molar-refractivity contribution in [2.24, 2.45) is 10.7 Å². The number of nitrogens with zero attached hydrogens (tertiary/aromatic N) is 2. The molecular weight excluding hydrogens is 330 g/mol. The van der Waals surface area contributed by atoms with Crippen LogP contribution in [0.25, 0.3) is 0 Å². The van der Waals surface area contributed by atoms with Crippen LogP contribution in [0, 0.1) is 0 Å². The third-order valence-electron chi connectivity index (χ3n) is 5.35. The van der Waals surface area contributed by atoms with Crippen LogP contribution in [0.4, 0.5) is 0 Å². The summed E-state index contributed by atoms with van der Waals surface area (Å²) in [5, 5.41) is 6.83.